The number of hydrogen-bond donors (Lipinski definition) is 0. The first-order valence-corrected chi connectivity index (χ1v) is 4.22. The molecule has 4 nitrogen and oxygen atoms in total. The molecular weight excluding hydrogens is 176 g/mol. The average molecular weight is 184 g/mol. The molecule has 0 saturated carbocycles. The maximum Gasteiger partial charge on any atom is 0.153 e. The van der Waals surface area contributed by atoms with E-state index < -0.39 is 0 Å². The smallest absolute Gasteiger partial charge is 0.153 e. The zero-order valence-electron chi connectivity index (χ0n) is 7.46. The van der Waals surface area contributed by atoms with Gasteiger partial charge < -0.3 is 0 Å². The van der Waals surface area contributed by atoms with Gasteiger partial charge in [-0.1, -0.05) is 6.07 Å². The lowest BCUT2D eigenvalue weighted by atomic mass is 10.3. The molecule has 0 atom stereocenters. The van der Waals surface area contributed by atoms with Crippen LogP contribution in [0.2, 0.25) is 0 Å². The van der Waals surface area contributed by atoms with Crippen molar-refractivity contribution in [2.24, 2.45) is 0 Å². The van der Waals surface area contributed by atoms with Crippen molar-refractivity contribution in [2.45, 2.75) is 6.42 Å². The number of pyridine rings is 1. The third-order valence-corrected chi connectivity index (χ3v) is 1.80. The van der Waals surface area contributed by atoms with Crippen LogP contribution in [0.5, 0.6) is 0 Å². The van der Waals surface area contributed by atoms with Gasteiger partial charge in [0.1, 0.15) is 0 Å². The number of nitriles is 1. The van der Waals surface area contributed by atoms with Crippen molar-refractivity contribution in [1.82, 2.24) is 14.8 Å². The standard InChI is InChI=1S/C10H8N4/c11-5-4-9-7-13-14(8-9)10-3-1-2-6-12-10/h1-3,6-8H,4H2. The molecule has 14 heavy (non-hydrogen) atoms. The van der Waals surface area contributed by atoms with Crippen molar-refractivity contribution in [3.63, 3.8) is 0 Å². The number of aromatic nitrogens is 3. The molecule has 0 bridgehead atoms. The summed E-state index contributed by atoms with van der Waals surface area (Å²) in [7, 11) is 0. The van der Waals surface area contributed by atoms with Gasteiger partial charge in [0.25, 0.3) is 0 Å². The Morgan fingerprint density at radius 3 is 3.07 bits per heavy atom. The lowest BCUT2D eigenvalue weighted by Crippen LogP contribution is -1.96. The predicted molar refractivity (Wildman–Crippen MR) is 50.7 cm³/mol. The van der Waals surface area contributed by atoms with Gasteiger partial charge in [0.15, 0.2) is 5.82 Å². The van der Waals surface area contributed by atoms with Crippen molar-refractivity contribution in [1.29, 1.82) is 5.26 Å². The van der Waals surface area contributed by atoms with Gasteiger partial charge in [0.05, 0.1) is 18.7 Å². The van der Waals surface area contributed by atoms with Crippen LogP contribution >= 0.6 is 0 Å². The van der Waals surface area contributed by atoms with E-state index in [1.807, 2.05) is 24.4 Å². The maximum atomic E-state index is 8.50. The van der Waals surface area contributed by atoms with Crippen molar-refractivity contribution in [3.8, 4) is 11.9 Å². The van der Waals surface area contributed by atoms with Crippen LogP contribution in [0.3, 0.4) is 0 Å². The van der Waals surface area contributed by atoms with Gasteiger partial charge >= 0.3 is 0 Å². The summed E-state index contributed by atoms with van der Waals surface area (Å²) in [5, 5.41) is 12.6. The minimum Gasteiger partial charge on any atom is -0.237 e. The number of nitrogens with zero attached hydrogens (tertiary/aromatic N) is 4. The molecule has 0 saturated heterocycles. The summed E-state index contributed by atoms with van der Waals surface area (Å²) >= 11 is 0. The quantitative estimate of drug-likeness (QED) is 0.707. The van der Waals surface area contributed by atoms with E-state index in [-0.39, 0.29) is 0 Å². The molecule has 68 valence electrons. The van der Waals surface area contributed by atoms with Crippen LogP contribution in [0.4, 0.5) is 0 Å². The van der Waals surface area contributed by atoms with Gasteiger partial charge in [-0.3, -0.25) is 0 Å². The molecule has 2 aromatic rings. The van der Waals surface area contributed by atoms with Crippen LogP contribution in [0, 0.1) is 11.3 Å². The molecular formula is C10H8N4. The Morgan fingerprint density at radius 2 is 2.36 bits per heavy atom. The molecule has 0 N–H and O–H groups in total. The molecule has 0 aromatic carbocycles. The van der Waals surface area contributed by atoms with Gasteiger partial charge in [-0.25, -0.2) is 9.67 Å². The summed E-state index contributed by atoms with van der Waals surface area (Å²) < 4.78 is 1.66. The molecule has 0 unspecified atom stereocenters. The van der Waals surface area contributed by atoms with Gasteiger partial charge in [-0.05, 0) is 12.1 Å². The highest BCUT2D eigenvalue weighted by Crippen LogP contribution is 2.04. The Labute approximate surface area is 81.4 Å². The van der Waals surface area contributed by atoms with Crippen molar-refractivity contribution >= 4 is 0 Å². The maximum absolute atomic E-state index is 8.50. The second-order valence-corrected chi connectivity index (χ2v) is 2.82. The van der Waals surface area contributed by atoms with E-state index in [1.165, 1.54) is 0 Å². The fourth-order valence-corrected chi connectivity index (χ4v) is 1.16. The summed E-state index contributed by atoms with van der Waals surface area (Å²) in [6.07, 6.45) is 5.58. The summed E-state index contributed by atoms with van der Waals surface area (Å²) in [5.41, 5.74) is 0.901. The molecule has 2 aromatic heterocycles. The molecule has 0 aliphatic carbocycles. The van der Waals surface area contributed by atoms with Crippen LogP contribution in [0.15, 0.2) is 36.8 Å². The van der Waals surface area contributed by atoms with Crippen LogP contribution in [-0.2, 0) is 6.42 Å². The van der Waals surface area contributed by atoms with E-state index in [0.29, 0.717) is 6.42 Å². The van der Waals surface area contributed by atoms with E-state index in [1.54, 1.807) is 17.1 Å². The zero-order valence-corrected chi connectivity index (χ0v) is 7.46. The molecule has 0 aliphatic rings. The second-order valence-electron chi connectivity index (χ2n) is 2.82. The van der Waals surface area contributed by atoms with Gasteiger partial charge in [0.2, 0.25) is 0 Å². The molecule has 4 heteroatoms. The SMILES string of the molecule is N#CCc1cnn(-c2ccccn2)c1. The van der Waals surface area contributed by atoms with E-state index in [9.17, 15) is 0 Å². The summed E-state index contributed by atoms with van der Waals surface area (Å²) in [5.74, 6) is 0.761. The largest absolute Gasteiger partial charge is 0.237 e. The third-order valence-electron chi connectivity index (χ3n) is 1.80. The first kappa shape index (κ1) is 8.45. The summed E-state index contributed by atoms with van der Waals surface area (Å²) in [6, 6.07) is 7.69. The Morgan fingerprint density at radius 1 is 1.43 bits per heavy atom. The number of hydrogen-bond acceptors (Lipinski definition) is 3. The highest BCUT2D eigenvalue weighted by Gasteiger charge is 1.99. The van der Waals surface area contributed by atoms with E-state index >= 15 is 0 Å². The normalized spacial score (nSPS) is 9.64. The van der Waals surface area contributed by atoms with Gasteiger partial charge in [-0.15, -0.1) is 0 Å². The fraction of sp³-hybridized carbons (Fsp3) is 0.100. The molecule has 2 rings (SSSR count). The van der Waals surface area contributed by atoms with E-state index in [0.717, 1.165) is 11.4 Å². The van der Waals surface area contributed by atoms with E-state index in [4.69, 9.17) is 5.26 Å². The fourth-order valence-electron chi connectivity index (χ4n) is 1.16. The van der Waals surface area contributed by atoms with Gasteiger partial charge in [0, 0.05) is 18.0 Å². The minimum absolute atomic E-state index is 0.382. The van der Waals surface area contributed by atoms with Crippen LogP contribution < -0.4 is 0 Å². The Kier molecular flexibility index (Phi) is 2.24. The van der Waals surface area contributed by atoms with Crippen LogP contribution in [0.25, 0.3) is 5.82 Å². The lowest BCUT2D eigenvalue weighted by molar-refractivity contribution is 0.846. The topological polar surface area (TPSA) is 54.5 Å². The summed E-state index contributed by atoms with van der Waals surface area (Å²) in [4.78, 5) is 4.14. The Balaban J connectivity index is 2.31. The molecule has 0 aliphatic heterocycles. The van der Waals surface area contributed by atoms with Gasteiger partial charge in [-0.2, -0.15) is 10.4 Å². The third kappa shape index (κ3) is 1.62. The first-order chi connectivity index (χ1) is 6.90. The van der Waals surface area contributed by atoms with Crippen molar-refractivity contribution in [3.05, 3.63) is 42.4 Å². The molecule has 0 amide bonds. The molecule has 2 heterocycles. The van der Waals surface area contributed by atoms with Crippen molar-refractivity contribution in [2.75, 3.05) is 0 Å². The van der Waals surface area contributed by atoms with Crippen LogP contribution in [0.1, 0.15) is 5.56 Å². The zero-order chi connectivity index (χ0) is 9.80. The van der Waals surface area contributed by atoms with Crippen LogP contribution in [-0.4, -0.2) is 14.8 Å². The van der Waals surface area contributed by atoms with Crippen molar-refractivity contribution < 1.29 is 0 Å². The molecule has 0 fully saturated rings. The minimum atomic E-state index is 0.382. The predicted octanol–water partition coefficient (Wildman–Crippen LogP) is 1.33. The summed E-state index contributed by atoms with van der Waals surface area (Å²) in [6.45, 7) is 0. The Hall–Kier alpha value is -2.15. The highest BCUT2D eigenvalue weighted by atomic mass is 15.3. The number of rotatable bonds is 2. The highest BCUT2D eigenvalue weighted by molar-refractivity contribution is 5.22. The first-order valence-electron chi connectivity index (χ1n) is 4.22. The molecule has 0 radical (unpaired) electrons. The average Bonchev–Trinajstić information content (AvgIpc) is 2.68. The monoisotopic (exact) mass is 184 g/mol. The van der Waals surface area contributed by atoms with E-state index in [2.05, 4.69) is 16.2 Å². The molecule has 0 spiro atoms. The second kappa shape index (κ2) is 3.71. The Bertz CT molecular complexity index is 452. The lowest BCUT2D eigenvalue weighted by Gasteiger charge is -1.96.